The Morgan fingerprint density at radius 1 is 0.685 bits per heavy atom. The van der Waals surface area contributed by atoms with Gasteiger partial charge in [0.15, 0.2) is 0 Å². The molecule has 0 fully saturated rings. The van der Waals surface area contributed by atoms with Gasteiger partial charge in [0, 0.05) is 61.1 Å². The number of nitrogens with one attached hydrogen (secondary N) is 2. The zero-order valence-electron chi connectivity index (χ0n) is 29.7. The standard InChI is InChI=1S/C20H20N6O2.C18H17N7O/c1-3-28-18(27)7-12-4-5-16-17(6-12)25-20(24-16)15-8-13(9-22-19(15)21)14-10-23-26(2)11-14;1-25-9-12(8-22-25)11-6-13(17(20)21-7-11)18-23-14-3-2-10(5-16(19)26)4-15(14)24-18/h4-6,8-11H,3,7H2,1-2H3,(H2,21,22)(H,24,25);2-4,6-9H,5H2,1H3,(H2,19,26)(H2,20,21)(H,23,24). The topological polar surface area (TPSA) is 240 Å². The SMILES string of the molecule is CCOC(=O)Cc1ccc2nc(-c3cc(-c4cnn(C)c4)cnc3N)[nH]c2c1.Cn1cc(-c2cnc(N)c(-c3nc4ccc(CC(N)=O)cc4[nH]3)c2)cn1. The van der Waals surface area contributed by atoms with Crippen molar-refractivity contribution in [1.29, 1.82) is 0 Å². The molecule has 1 amide bonds. The molecule has 0 bridgehead atoms. The molecule has 272 valence electrons. The number of ether oxygens (including phenoxy) is 1. The second-order valence-corrected chi connectivity index (χ2v) is 12.6. The van der Waals surface area contributed by atoms with E-state index in [-0.39, 0.29) is 24.7 Å². The lowest BCUT2D eigenvalue weighted by molar-refractivity contribution is -0.142. The molecule has 0 saturated carbocycles. The molecule has 0 radical (unpaired) electrons. The first-order valence-corrected chi connectivity index (χ1v) is 16.9. The molecule has 0 aliphatic rings. The number of carbonyl (C=O) groups excluding carboxylic acids is 2. The number of rotatable bonds is 9. The molecule has 0 spiro atoms. The van der Waals surface area contributed by atoms with Crippen molar-refractivity contribution in [3.05, 3.63) is 96.8 Å². The van der Waals surface area contributed by atoms with Gasteiger partial charge in [-0.05, 0) is 54.4 Å². The number of benzene rings is 2. The predicted octanol–water partition coefficient (Wildman–Crippen LogP) is 4.35. The summed E-state index contributed by atoms with van der Waals surface area (Å²) >= 11 is 0. The van der Waals surface area contributed by atoms with Crippen molar-refractivity contribution in [3.63, 3.8) is 0 Å². The zero-order chi connectivity index (χ0) is 37.9. The molecule has 0 aliphatic heterocycles. The minimum atomic E-state index is -0.373. The summed E-state index contributed by atoms with van der Waals surface area (Å²) in [5.74, 6) is 1.39. The van der Waals surface area contributed by atoms with Crippen LogP contribution in [0.15, 0.2) is 85.7 Å². The Kier molecular flexibility index (Phi) is 9.55. The van der Waals surface area contributed by atoms with E-state index >= 15 is 0 Å². The molecule has 16 heteroatoms. The Morgan fingerprint density at radius 3 is 1.59 bits per heavy atom. The summed E-state index contributed by atoms with van der Waals surface area (Å²) < 4.78 is 8.47. The van der Waals surface area contributed by atoms with Crippen LogP contribution in [0.2, 0.25) is 0 Å². The van der Waals surface area contributed by atoms with E-state index in [1.165, 1.54) is 0 Å². The van der Waals surface area contributed by atoms with Crippen LogP contribution in [0, 0.1) is 0 Å². The molecule has 0 saturated heterocycles. The number of pyridine rings is 2. The number of primary amides is 1. The number of aromatic nitrogens is 10. The number of amides is 1. The quantitative estimate of drug-likeness (QED) is 0.131. The van der Waals surface area contributed by atoms with Crippen LogP contribution in [0.1, 0.15) is 18.1 Å². The van der Waals surface area contributed by atoms with E-state index in [0.29, 0.717) is 41.0 Å². The summed E-state index contributed by atoms with van der Waals surface area (Å²) in [6.07, 6.45) is 11.2. The minimum Gasteiger partial charge on any atom is -0.466 e. The number of H-pyrrole nitrogens is 2. The summed E-state index contributed by atoms with van der Waals surface area (Å²) in [6, 6.07) is 15.1. The maximum Gasteiger partial charge on any atom is 0.310 e. The van der Waals surface area contributed by atoms with Gasteiger partial charge in [0.2, 0.25) is 5.91 Å². The zero-order valence-corrected chi connectivity index (χ0v) is 29.7. The second-order valence-electron chi connectivity index (χ2n) is 12.6. The summed E-state index contributed by atoms with van der Waals surface area (Å²) in [5, 5.41) is 8.38. The number of nitrogens with two attached hydrogens (primary N) is 3. The first-order valence-electron chi connectivity index (χ1n) is 16.9. The molecule has 6 heterocycles. The average Bonchev–Trinajstić information content (AvgIpc) is 3.95. The van der Waals surface area contributed by atoms with Gasteiger partial charge in [0.05, 0.1) is 65.0 Å². The van der Waals surface area contributed by atoms with Gasteiger partial charge in [-0.3, -0.25) is 19.0 Å². The van der Waals surface area contributed by atoms with Crippen molar-refractivity contribution in [1.82, 2.24) is 49.5 Å². The lowest BCUT2D eigenvalue weighted by atomic mass is 10.1. The van der Waals surface area contributed by atoms with E-state index in [1.54, 1.807) is 41.1 Å². The van der Waals surface area contributed by atoms with Gasteiger partial charge in [-0.2, -0.15) is 10.2 Å². The van der Waals surface area contributed by atoms with Crippen molar-refractivity contribution in [3.8, 4) is 45.0 Å². The van der Waals surface area contributed by atoms with Crippen molar-refractivity contribution in [2.24, 2.45) is 19.8 Å². The highest BCUT2D eigenvalue weighted by atomic mass is 16.5. The number of hydrogen-bond donors (Lipinski definition) is 5. The number of hydrogen-bond acceptors (Lipinski definition) is 11. The maximum atomic E-state index is 11.7. The number of imidazole rings is 2. The molecule has 0 aliphatic carbocycles. The van der Waals surface area contributed by atoms with E-state index in [9.17, 15) is 9.59 Å². The fourth-order valence-corrected chi connectivity index (χ4v) is 5.95. The molecule has 2 aromatic carbocycles. The van der Waals surface area contributed by atoms with Crippen LogP contribution in [0.5, 0.6) is 0 Å². The van der Waals surface area contributed by atoms with Gasteiger partial charge in [-0.1, -0.05) is 12.1 Å². The number of carbonyl (C=O) groups is 2. The van der Waals surface area contributed by atoms with Crippen molar-refractivity contribution in [2.75, 3.05) is 18.1 Å². The summed E-state index contributed by atoms with van der Waals surface area (Å²) in [4.78, 5) is 47.2. The highest BCUT2D eigenvalue weighted by Crippen LogP contribution is 2.31. The first-order chi connectivity index (χ1) is 26.0. The van der Waals surface area contributed by atoms with Crippen LogP contribution < -0.4 is 17.2 Å². The fraction of sp³-hybridized carbons (Fsp3) is 0.158. The Labute approximate surface area is 308 Å². The third kappa shape index (κ3) is 7.62. The molecular weight excluding hydrogens is 687 g/mol. The van der Waals surface area contributed by atoms with Gasteiger partial charge < -0.3 is 31.9 Å². The van der Waals surface area contributed by atoms with E-state index in [0.717, 1.165) is 55.4 Å². The molecule has 0 atom stereocenters. The molecular formula is C38H37N13O3. The summed E-state index contributed by atoms with van der Waals surface area (Å²) in [6.45, 7) is 2.16. The van der Waals surface area contributed by atoms with E-state index < -0.39 is 0 Å². The number of aromatic amines is 2. The number of nitrogens with zero attached hydrogens (tertiary/aromatic N) is 8. The summed E-state index contributed by atoms with van der Waals surface area (Å²) in [5.41, 5.74) is 27.4. The Morgan fingerprint density at radius 2 is 1.17 bits per heavy atom. The van der Waals surface area contributed by atoms with Crippen LogP contribution in [0.25, 0.3) is 67.1 Å². The number of anilines is 2. The van der Waals surface area contributed by atoms with Crippen molar-refractivity contribution < 1.29 is 14.3 Å². The normalized spacial score (nSPS) is 11.1. The molecule has 16 nitrogen and oxygen atoms in total. The van der Waals surface area contributed by atoms with Crippen LogP contribution in [-0.2, 0) is 41.3 Å². The Bertz CT molecular complexity index is 2650. The number of nitrogen functional groups attached to an aromatic ring is 2. The fourth-order valence-electron chi connectivity index (χ4n) is 5.95. The number of aryl methyl sites for hydroxylation is 2. The van der Waals surface area contributed by atoms with Gasteiger partial charge in [-0.15, -0.1) is 0 Å². The van der Waals surface area contributed by atoms with Crippen LogP contribution in [-0.4, -0.2) is 67.9 Å². The lowest BCUT2D eigenvalue weighted by Gasteiger charge is -2.04. The smallest absolute Gasteiger partial charge is 0.310 e. The van der Waals surface area contributed by atoms with Crippen LogP contribution in [0.3, 0.4) is 0 Å². The third-order valence-electron chi connectivity index (χ3n) is 8.55. The first kappa shape index (κ1) is 35.1. The lowest BCUT2D eigenvalue weighted by Crippen LogP contribution is -2.13. The van der Waals surface area contributed by atoms with E-state index in [4.69, 9.17) is 21.9 Å². The Balaban J connectivity index is 0.000000167. The molecule has 0 unspecified atom stereocenters. The van der Waals surface area contributed by atoms with Crippen molar-refractivity contribution >= 4 is 45.6 Å². The second kappa shape index (κ2) is 14.7. The average molecular weight is 724 g/mol. The van der Waals surface area contributed by atoms with Crippen molar-refractivity contribution in [2.45, 2.75) is 19.8 Å². The number of fused-ring (bicyclic) bond motifs is 2. The number of esters is 1. The minimum absolute atomic E-state index is 0.185. The van der Waals surface area contributed by atoms with Gasteiger partial charge in [0.25, 0.3) is 0 Å². The van der Waals surface area contributed by atoms with Gasteiger partial charge in [0.1, 0.15) is 23.3 Å². The summed E-state index contributed by atoms with van der Waals surface area (Å²) in [7, 11) is 3.72. The van der Waals surface area contributed by atoms with E-state index in [2.05, 4.69) is 40.1 Å². The largest absolute Gasteiger partial charge is 0.466 e. The van der Waals surface area contributed by atoms with Gasteiger partial charge in [-0.25, -0.2) is 19.9 Å². The Hall–Kier alpha value is -7.36. The van der Waals surface area contributed by atoms with Crippen LogP contribution >= 0.6 is 0 Å². The highest BCUT2D eigenvalue weighted by molar-refractivity contribution is 5.86. The van der Waals surface area contributed by atoms with E-state index in [1.807, 2.05) is 75.0 Å². The highest BCUT2D eigenvalue weighted by Gasteiger charge is 2.15. The monoisotopic (exact) mass is 723 g/mol. The molecule has 54 heavy (non-hydrogen) atoms. The molecule has 8 rings (SSSR count). The molecule has 6 aromatic heterocycles. The van der Waals surface area contributed by atoms with Crippen LogP contribution in [0.4, 0.5) is 11.6 Å². The molecule has 8 aromatic rings. The third-order valence-corrected chi connectivity index (χ3v) is 8.55. The molecule has 8 N–H and O–H groups in total. The van der Waals surface area contributed by atoms with Gasteiger partial charge >= 0.3 is 5.97 Å². The maximum absolute atomic E-state index is 11.7. The predicted molar refractivity (Wildman–Crippen MR) is 205 cm³/mol.